The quantitative estimate of drug-likeness (QED) is 0.908. The van der Waals surface area contributed by atoms with Crippen molar-refractivity contribution < 1.29 is 0 Å². The number of benzene rings is 1. The molecule has 0 aliphatic heterocycles. The van der Waals surface area contributed by atoms with Crippen LogP contribution in [-0.4, -0.2) is 16.1 Å². The van der Waals surface area contributed by atoms with Crippen LogP contribution in [0.3, 0.4) is 0 Å². The maximum atomic E-state index is 4.63. The molecule has 3 heteroatoms. The fourth-order valence-corrected chi connectivity index (χ4v) is 3.44. The van der Waals surface area contributed by atoms with E-state index in [9.17, 15) is 0 Å². The van der Waals surface area contributed by atoms with Crippen LogP contribution in [0.25, 0.3) is 5.69 Å². The van der Waals surface area contributed by atoms with Crippen molar-refractivity contribution in [3.63, 3.8) is 0 Å². The number of aromatic nitrogens is 2. The van der Waals surface area contributed by atoms with Gasteiger partial charge in [0.05, 0.1) is 5.69 Å². The van der Waals surface area contributed by atoms with Crippen molar-refractivity contribution in [3.8, 4) is 5.69 Å². The number of rotatable bonds is 4. The van der Waals surface area contributed by atoms with Gasteiger partial charge in [-0.3, -0.25) is 4.57 Å². The van der Waals surface area contributed by atoms with Crippen LogP contribution in [0.5, 0.6) is 0 Å². The van der Waals surface area contributed by atoms with Gasteiger partial charge in [-0.1, -0.05) is 45.9 Å². The van der Waals surface area contributed by atoms with E-state index in [1.54, 1.807) is 0 Å². The molecule has 0 saturated heterocycles. The summed E-state index contributed by atoms with van der Waals surface area (Å²) in [5, 5.41) is 3.56. The molecule has 3 nitrogen and oxygen atoms in total. The largest absolute Gasteiger partial charge is 0.355 e. The fraction of sp³-hybridized carbons (Fsp3) is 0.500. The van der Waals surface area contributed by atoms with E-state index in [1.165, 1.54) is 0 Å². The second kappa shape index (κ2) is 4.62. The van der Waals surface area contributed by atoms with Crippen molar-refractivity contribution in [1.29, 1.82) is 0 Å². The molecule has 1 heterocycles. The van der Waals surface area contributed by atoms with Crippen molar-refractivity contribution >= 4 is 5.95 Å². The van der Waals surface area contributed by atoms with Gasteiger partial charge in [0.2, 0.25) is 5.95 Å². The molecular formula is C18H25N3. The first-order valence-corrected chi connectivity index (χ1v) is 7.69. The van der Waals surface area contributed by atoms with Crippen LogP contribution in [0, 0.1) is 23.7 Å². The molecule has 3 rings (SSSR count). The van der Waals surface area contributed by atoms with Crippen LogP contribution in [-0.2, 0) is 0 Å². The Labute approximate surface area is 127 Å². The Kier molecular flexibility index (Phi) is 3.12. The SMILES string of the molecule is Cc1cn(-c2ccccc2)c(NCC2C(C)(C)C2(C)C)n1. The van der Waals surface area contributed by atoms with Gasteiger partial charge < -0.3 is 5.32 Å². The number of aryl methyl sites for hydroxylation is 1. The van der Waals surface area contributed by atoms with Crippen molar-refractivity contribution in [2.45, 2.75) is 34.6 Å². The van der Waals surface area contributed by atoms with Crippen LogP contribution in [0.15, 0.2) is 36.5 Å². The summed E-state index contributed by atoms with van der Waals surface area (Å²) in [5.74, 6) is 1.63. The molecule has 0 amide bonds. The highest BCUT2D eigenvalue weighted by Crippen LogP contribution is 2.68. The van der Waals surface area contributed by atoms with Gasteiger partial charge in [-0.2, -0.15) is 0 Å². The first kappa shape index (κ1) is 14.2. The van der Waals surface area contributed by atoms with Crippen LogP contribution in [0.2, 0.25) is 0 Å². The lowest BCUT2D eigenvalue weighted by atomic mass is 10.0. The lowest BCUT2D eigenvalue weighted by Gasteiger charge is -2.10. The Morgan fingerprint density at radius 2 is 1.71 bits per heavy atom. The molecule has 0 unspecified atom stereocenters. The third kappa shape index (κ3) is 2.25. The van der Waals surface area contributed by atoms with E-state index >= 15 is 0 Å². The molecular weight excluding hydrogens is 258 g/mol. The maximum absolute atomic E-state index is 4.63. The summed E-state index contributed by atoms with van der Waals surface area (Å²) in [7, 11) is 0. The number of para-hydroxylation sites is 1. The molecule has 1 aliphatic rings. The monoisotopic (exact) mass is 283 g/mol. The molecule has 1 saturated carbocycles. The highest BCUT2D eigenvalue weighted by atomic mass is 15.2. The maximum Gasteiger partial charge on any atom is 0.207 e. The first-order valence-electron chi connectivity index (χ1n) is 7.69. The number of anilines is 1. The second-order valence-electron chi connectivity index (χ2n) is 7.29. The van der Waals surface area contributed by atoms with E-state index in [2.05, 4.69) is 73.0 Å². The number of imidazole rings is 1. The first-order chi connectivity index (χ1) is 9.84. The molecule has 0 bridgehead atoms. The van der Waals surface area contributed by atoms with E-state index < -0.39 is 0 Å². The molecule has 1 aromatic carbocycles. The standard InChI is InChI=1S/C18H25N3/c1-13-12-21(14-9-7-6-8-10-14)16(20-13)19-11-15-17(2,3)18(15,4)5/h6-10,12,15H,11H2,1-5H3,(H,19,20). The van der Waals surface area contributed by atoms with Crippen molar-refractivity contribution in [2.75, 3.05) is 11.9 Å². The van der Waals surface area contributed by atoms with Gasteiger partial charge in [0.1, 0.15) is 0 Å². The molecule has 0 spiro atoms. The number of nitrogens with zero attached hydrogens (tertiary/aromatic N) is 2. The van der Waals surface area contributed by atoms with E-state index in [0.29, 0.717) is 16.7 Å². The minimum absolute atomic E-state index is 0.402. The predicted molar refractivity (Wildman–Crippen MR) is 87.8 cm³/mol. The van der Waals surface area contributed by atoms with Gasteiger partial charge in [-0.15, -0.1) is 0 Å². The normalized spacial score (nSPS) is 19.5. The summed E-state index contributed by atoms with van der Waals surface area (Å²) in [6.45, 7) is 12.4. The van der Waals surface area contributed by atoms with Crippen LogP contribution >= 0.6 is 0 Å². The van der Waals surface area contributed by atoms with Crippen molar-refractivity contribution in [3.05, 3.63) is 42.2 Å². The molecule has 1 fully saturated rings. The third-order valence-electron chi connectivity index (χ3n) is 5.64. The summed E-state index contributed by atoms with van der Waals surface area (Å²) in [6, 6.07) is 10.4. The van der Waals surface area contributed by atoms with Gasteiger partial charge in [0.25, 0.3) is 0 Å². The zero-order valence-electron chi connectivity index (χ0n) is 13.6. The molecule has 0 atom stereocenters. The Bertz CT molecular complexity index is 624. The van der Waals surface area contributed by atoms with Gasteiger partial charge >= 0.3 is 0 Å². The van der Waals surface area contributed by atoms with E-state index in [1.807, 2.05) is 13.0 Å². The molecule has 1 N–H and O–H groups in total. The zero-order valence-corrected chi connectivity index (χ0v) is 13.6. The number of nitrogens with one attached hydrogen (secondary N) is 1. The van der Waals surface area contributed by atoms with E-state index in [4.69, 9.17) is 0 Å². The summed E-state index contributed by atoms with van der Waals surface area (Å²) < 4.78 is 2.14. The minimum Gasteiger partial charge on any atom is -0.355 e. The average Bonchev–Trinajstić information content (AvgIpc) is 2.73. The Morgan fingerprint density at radius 3 is 2.29 bits per heavy atom. The minimum atomic E-state index is 0.402. The molecule has 0 radical (unpaired) electrons. The highest BCUT2D eigenvalue weighted by Gasteiger charge is 2.64. The summed E-state index contributed by atoms with van der Waals surface area (Å²) in [6.07, 6.45) is 2.08. The van der Waals surface area contributed by atoms with Crippen molar-refractivity contribution in [1.82, 2.24) is 9.55 Å². The van der Waals surface area contributed by atoms with Crippen LogP contribution in [0.1, 0.15) is 33.4 Å². The lowest BCUT2D eigenvalue weighted by Crippen LogP contribution is -2.12. The second-order valence-corrected chi connectivity index (χ2v) is 7.29. The van der Waals surface area contributed by atoms with Crippen LogP contribution < -0.4 is 5.32 Å². The van der Waals surface area contributed by atoms with Crippen molar-refractivity contribution in [2.24, 2.45) is 16.7 Å². The third-order valence-corrected chi connectivity index (χ3v) is 5.64. The number of hydrogen-bond donors (Lipinski definition) is 1. The zero-order chi connectivity index (χ0) is 15.3. The van der Waals surface area contributed by atoms with Gasteiger partial charge in [-0.25, -0.2) is 4.98 Å². The fourth-order valence-electron chi connectivity index (χ4n) is 3.44. The van der Waals surface area contributed by atoms with Crippen LogP contribution in [0.4, 0.5) is 5.95 Å². The summed E-state index contributed by atoms with van der Waals surface area (Å²) >= 11 is 0. The highest BCUT2D eigenvalue weighted by molar-refractivity contribution is 5.43. The topological polar surface area (TPSA) is 29.9 Å². The Hall–Kier alpha value is -1.77. The number of hydrogen-bond acceptors (Lipinski definition) is 2. The summed E-state index contributed by atoms with van der Waals surface area (Å²) in [5.41, 5.74) is 2.99. The summed E-state index contributed by atoms with van der Waals surface area (Å²) in [4.78, 5) is 4.63. The lowest BCUT2D eigenvalue weighted by molar-refractivity contribution is 0.457. The predicted octanol–water partition coefficient (Wildman–Crippen LogP) is 4.27. The van der Waals surface area contributed by atoms with Gasteiger partial charge in [-0.05, 0) is 35.8 Å². The Morgan fingerprint density at radius 1 is 1.10 bits per heavy atom. The smallest absolute Gasteiger partial charge is 0.207 e. The molecule has 1 aromatic heterocycles. The Balaban J connectivity index is 1.79. The average molecular weight is 283 g/mol. The molecule has 112 valence electrons. The van der Waals surface area contributed by atoms with E-state index in [-0.39, 0.29) is 0 Å². The van der Waals surface area contributed by atoms with E-state index in [0.717, 1.165) is 23.9 Å². The molecule has 21 heavy (non-hydrogen) atoms. The molecule has 1 aliphatic carbocycles. The van der Waals surface area contributed by atoms with Gasteiger partial charge in [0, 0.05) is 18.4 Å². The van der Waals surface area contributed by atoms with Gasteiger partial charge in [0.15, 0.2) is 0 Å². The molecule has 2 aromatic rings.